The monoisotopic (exact) mass is 419 g/mol. The molecule has 0 unspecified atom stereocenters. The minimum absolute atomic E-state index is 0.0382. The molecule has 3 aromatic rings. The van der Waals surface area contributed by atoms with Crippen LogP contribution in [0, 0.1) is 10.1 Å². The molecule has 0 fully saturated rings. The number of anilines is 1. The Labute approximate surface area is 168 Å². The van der Waals surface area contributed by atoms with Crippen LogP contribution >= 0.6 is 34.5 Å². The standard InChI is InChI=1S/C18H11Cl2N3O3S/c19-14-6-5-12(9-15(14)20)16-10-27-18(21-16)22-17(24)7-4-11-2-1-3-13(8-11)23(25)26/h1-10H,(H,21,22,24). The van der Waals surface area contributed by atoms with Gasteiger partial charge in [-0.05, 0) is 23.8 Å². The number of rotatable bonds is 5. The van der Waals surface area contributed by atoms with E-state index in [-0.39, 0.29) is 5.69 Å². The molecule has 0 aliphatic rings. The third kappa shape index (κ3) is 4.91. The van der Waals surface area contributed by atoms with Crippen molar-refractivity contribution in [2.45, 2.75) is 0 Å². The molecule has 0 aliphatic heterocycles. The zero-order valence-corrected chi connectivity index (χ0v) is 15.9. The van der Waals surface area contributed by atoms with Crippen LogP contribution < -0.4 is 5.32 Å². The van der Waals surface area contributed by atoms with E-state index in [4.69, 9.17) is 23.2 Å². The number of thiazole rings is 1. The van der Waals surface area contributed by atoms with Crippen molar-refractivity contribution in [2.75, 3.05) is 5.32 Å². The van der Waals surface area contributed by atoms with Crippen molar-refractivity contribution >= 4 is 57.3 Å². The van der Waals surface area contributed by atoms with E-state index in [0.29, 0.717) is 26.4 Å². The van der Waals surface area contributed by atoms with E-state index in [1.165, 1.54) is 35.6 Å². The van der Waals surface area contributed by atoms with Crippen molar-refractivity contribution in [3.05, 3.63) is 79.6 Å². The van der Waals surface area contributed by atoms with Crippen molar-refractivity contribution in [2.24, 2.45) is 0 Å². The molecule has 6 nitrogen and oxygen atoms in total. The summed E-state index contributed by atoms with van der Waals surface area (Å²) < 4.78 is 0. The summed E-state index contributed by atoms with van der Waals surface area (Å²) >= 11 is 13.2. The van der Waals surface area contributed by atoms with Gasteiger partial charge in [0.25, 0.3) is 5.69 Å². The Kier molecular flexibility index (Phi) is 5.85. The van der Waals surface area contributed by atoms with Gasteiger partial charge in [0.05, 0.1) is 20.7 Å². The highest BCUT2D eigenvalue weighted by Crippen LogP contribution is 2.30. The molecular formula is C18H11Cl2N3O3S. The number of carbonyl (C=O) groups is 1. The number of benzene rings is 2. The summed E-state index contributed by atoms with van der Waals surface area (Å²) in [7, 11) is 0. The number of non-ortho nitro benzene ring substituents is 1. The topological polar surface area (TPSA) is 85.1 Å². The predicted molar refractivity (Wildman–Crippen MR) is 108 cm³/mol. The van der Waals surface area contributed by atoms with Crippen molar-refractivity contribution in [1.29, 1.82) is 0 Å². The zero-order valence-electron chi connectivity index (χ0n) is 13.6. The van der Waals surface area contributed by atoms with Gasteiger partial charge in [0.1, 0.15) is 0 Å². The number of halogens is 2. The number of nitro groups is 1. The molecular weight excluding hydrogens is 409 g/mol. The van der Waals surface area contributed by atoms with Crippen molar-refractivity contribution < 1.29 is 9.72 Å². The Balaban J connectivity index is 1.68. The molecule has 3 rings (SSSR count). The molecule has 0 aliphatic carbocycles. The summed E-state index contributed by atoms with van der Waals surface area (Å²) in [6.45, 7) is 0. The molecule has 1 aromatic heterocycles. The lowest BCUT2D eigenvalue weighted by atomic mass is 10.2. The van der Waals surface area contributed by atoms with Gasteiger partial charge in [-0.15, -0.1) is 11.3 Å². The molecule has 1 N–H and O–H groups in total. The molecule has 1 heterocycles. The van der Waals surface area contributed by atoms with Gasteiger partial charge in [0, 0.05) is 29.2 Å². The molecule has 0 radical (unpaired) electrons. The number of nitro benzene ring substituents is 1. The van der Waals surface area contributed by atoms with Crippen molar-refractivity contribution in [3.8, 4) is 11.3 Å². The summed E-state index contributed by atoms with van der Waals surface area (Å²) in [5, 5.41) is 16.5. The van der Waals surface area contributed by atoms with E-state index in [0.717, 1.165) is 5.56 Å². The summed E-state index contributed by atoms with van der Waals surface area (Å²) in [6.07, 6.45) is 2.79. The van der Waals surface area contributed by atoms with Gasteiger partial charge >= 0.3 is 0 Å². The highest BCUT2D eigenvalue weighted by molar-refractivity contribution is 7.14. The van der Waals surface area contributed by atoms with E-state index < -0.39 is 10.8 Å². The number of aromatic nitrogens is 1. The van der Waals surface area contributed by atoms with E-state index in [1.54, 1.807) is 35.7 Å². The van der Waals surface area contributed by atoms with Gasteiger partial charge in [-0.25, -0.2) is 4.98 Å². The first-order valence-corrected chi connectivity index (χ1v) is 9.20. The highest BCUT2D eigenvalue weighted by Gasteiger charge is 2.09. The van der Waals surface area contributed by atoms with Crippen LogP contribution in [0.5, 0.6) is 0 Å². The maximum atomic E-state index is 12.0. The Morgan fingerprint density at radius 2 is 2.00 bits per heavy atom. The van der Waals surface area contributed by atoms with Crippen LogP contribution in [0.4, 0.5) is 10.8 Å². The first-order chi connectivity index (χ1) is 12.9. The Morgan fingerprint density at radius 3 is 2.74 bits per heavy atom. The minimum Gasteiger partial charge on any atom is -0.298 e. The van der Waals surface area contributed by atoms with Gasteiger partial charge < -0.3 is 0 Å². The lowest BCUT2D eigenvalue weighted by molar-refractivity contribution is -0.384. The molecule has 0 bridgehead atoms. The fourth-order valence-corrected chi connectivity index (χ4v) is 3.20. The molecule has 0 atom stereocenters. The Morgan fingerprint density at radius 1 is 1.19 bits per heavy atom. The lowest BCUT2D eigenvalue weighted by Crippen LogP contribution is -2.07. The minimum atomic E-state index is -0.489. The van der Waals surface area contributed by atoms with Gasteiger partial charge in [-0.1, -0.05) is 41.4 Å². The van der Waals surface area contributed by atoms with Gasteiger partial charge in [-0.3, -0.25) is 20.2 Å². The smallest absolute Gasteiger partial charge is 0.270 e. The van der Waals surface area contributed by atoms with E-state index >= 15 is 0 Å². The van der Waals surface area contributed by atoms with Crippen LogP contribution in [0.3, 0.4) is 0 Å². The van der Waals surface area contributed by atoms with Crippen molar-refractivity contribution in [1.82, 2.24) is 4.98 Å². The highest BCUT2D eigenvalue weighted by atomic mass is 35.5. The lowest BCUT2D eigenvalue weighted by Gasteiger charge is -2.00. The molecule has 27 heavy (non-hydrogen) atoms. The van der Waals surface area contributed by atoms with Gasteiger partial charge in [0.15, 0.2) is 5.13 Å². The Hall–Kier alpha value is -2.74. The fraction of sp³-hybridized carbons (Fsp3) is 0. The average molecular weight is 420 g/mol. The third-order valence-electron chi connectivity index (χ3n) is 3.46. The summed E-state index contributed by atoms with van der Waals surface area (Å²) in [4.78, 5) is 26.7. The van der Waals surface area contributed by atoms with E-state index in [1.807, 2.05) is 0 Å². The zero-order chi connectivity index (χ0) is 19.4. The normalized spacial score (nSPS) is 10.9. The quantitative estimate of drug-likeness (QED) is 0.327. The third-order valence-corrected chi connectivity index (χ3v) is 4.95. The average Bonchev–Trinajstić information content (AvgIpc) is 3.11. The first kappa shape index (κ1) is 19.0. The number of nitrogens with zero attached hydrogens (tertiary/aromatic N) is 2. The largest absolute Gasteiger partial charge is 0.298 e. The van der Waals surface area contributed by atoms with Crippen LogP contribution in [-0.2, 0) is 4.79 Å². The number of amides is 1. The SMILES string of the molecule is O=C(C=Cc1cccc([N+](=O)[O-])c1)Nc1nc(-c2ccc(Cl)c(Cl)c2)cs1. The number of hydrogen-bond donors (Lipinski definition) is 1. The fourth-order valence-electron chi connectivity index (χ4n) is 2.18. The van der Waals surface area contributed by atoms with Crippen LogP contribution in [-0.4, -0.2) is 15.8 Å². The van der Waals surface area contributed by atoms with Crippen LogP contribution in [0.1, 0.15) is 5.56 Å². The summed E-state index contributed by atoms with van der Waals surface area (Å²) in [6, 6.07) is 11.2. The first-order valence-electron chi connectivity index (χ1n) is 7.57. The molecule has 1 amide bonds. The molecule has 0 saturated carbocycles. The summed E-state index contributed by atoms with van der Waals surface area (Å²) in [5.41, 5.74) is 1.96. The maximum Gasteiger partial charge on any atom is 0.270 e. The van der Waals surface area contributed by atoms with Crippen LogP contribution in [0.25, 0.3) is 17.3 Å². The van der Waals surface area contributed by atoms with Crippen molar-refractivity contribution in [3.63, 3.8) is 0 Å². The van der Waals surface area contributed by atoms with Gasteiger partial charge in [-0.2, -0.15) is 0 Å². The molecule has 0 spiro atoms. The molecule has 2 aromatic carbocycles. The predicted octanol–water partition coefficient (Wildman–Crippen LogP) is 5.68. The number of nitrogens with one attached hydrogen (secondary N) is 1. The second kappa shape index (κ2) is 8.30. The van der Waals surface area contributed by atoms with E-state index in [9.17, 15) is 14.9 Å². The molecule has 136 valence electrons. The number of hydrogen-bond acceptors (Lipinski definition) is 5. The van der Waals surface area contributed by atoms with E-state index in [2.05, 4.69) is 10.3 Å². The summed E-state index contributed by atoms with van der Waals surface area (Å²) in [5.74, 6) is -0.392. The van der Waals surface area contributed by atoms with Gasteiger partial charge in [0.2, 0.25) is 5.91 Å². The maximum absolute atomic E-state index is 12.0. The van der Waals surface area contributed by atoms with Crippen LogP contribution in [0.15, 0.2) is 53.9 Å². The van der Waals surface area contributed by atoms with Crippen LogP contribution in [0.2, 0.25) is 10.0 Å². The second-order valence-electron chi connectivity index (χ2n) is 5.34. The molecule has 9 heteroatoms. The Bertz CT molecular complexity index is 1050. The number of carbonyl (C=O) groups excluding carboxylic acids is 1. The second-order valence-corrected chi connectivity index (χ2v) is 7.01. The molecule has 0 saturated heterocycles.